The number of rotatable bonds is 8. The van der Waals surface area contributed by atoms with Gasteiger partial charge < -0.3 is 19.7 Å². The van der Waals surface area contributed by atoms with Gasteiger partial charge in [0.05, 0.1) is 19.8 Å². The molecule has 0 aromatic heterocycles. The van der Waals surface area contributed by atoms with Crippen molar-refractivity contribution in [2.24, 2.45) is 0 Å². The molecule has 0 aliphatic rings. The summed E-state index contributed by atoms with van der Waals surface area (Å²) in [4.78, 5) is 9.79. The average Bonchev–Trinajstić information content (AvgIpc) is 2.02. The fourth-order valence-electron chi connectivity index (χ4n) is 0.577. The third kappa shape index (κ3) is 9.26. The van der Waals surface area contributed by atoms with Gasteiger partial charge in [-0.15, -0.1) is 0 Å². The molecule has 4 heteroatoms. The molecule has 0 atom stereocenters. The Hall–Kier alpha value is -0.740. The fraction of sp³-hybridized carbons (Fsp3) is 0.750. The molecule has 12 heavy (non-hydrogen) atoms. The molecule has 0 bridgehead atoms. The van der Waals surface area contributed by atoms with Crippen LogP contribution in [0.5, 0.6) is 0 Å². The minimum atomic E-state index is 0.132. The van der Waals surface area contributed by atoms with E-state index < -0.39 is 0 Å². The lowest BCUT2D eigenvalue weighted by Gasteiger charge is -2.02. The minimum absolute atomic E-state index is 0.132. The predicted octanol–water partition coefficient (Wildman–Crippen LogP) is 0.648. The second-order valence-corrected chi connectivity index (χ2v) is 2.38. The number of hydrogen-bond donors (Lipinski definition) is 1. The Balaban J connectivity index is 2.90. The summed E-state index contributed by atoms with van der Waals surface area (Å²) in [6.45, 7) is 3.36. The first-order chi connectivity index (χ1) is 5.77. The Bertz CT molecular complexity index is 136. The summed E-state index contributed by atoms with van der Waals surface area (Å²) in [6, 6.07) is 0. The van der Waals surface area contributed by atoms with Crippen molar-refractivity contribution >= 4 is 12.0 Å². The lowest BCUT2D eigenvalue weighted by molar-refractivity contribution is -0.112. The highest BCUT2D eigenvalue weighted by Gasteiger charge is 1.90. The van der Waals surface area contributed by atoms with Gasteiger partial charge in [0.1, 0.15) is 12.9 Å². The van der Waals surface area contributed by atoms with Crippen molar-refractivity contribution in [1.29, 1.82) is 5.41 Å². The zero-order valence-corrected chi connectivity index (χ0v) is 7.34. The number of carbonyl (C=O) groups is 1. The second kappa shape index (κ2) is 8.36. The number of ether oxygens (including phenoxy) is 2. The van der Waals surface area contributed by atoms with Crippen molar-refractivity contribution in [2.45, 2.75) is 13.3 Å². The van der Waals surface area contributed by atoms with E-state index in [0.717, 1.165) is 0 Å². The molecule has 0 aliphatic heterocycles. The van der Waals surface area contributed by atoms with E-state index in [-0.39, 0.29) is 6.61 Å². The molecular formula is C8H15NO3. The van der Waals surface area contributed by atoms with Crippen LogP contribution in [-0.2, 0) is 14.3 Å². The van der Waals surface area contributed by atoms with Crippen LogP contribution >= 0.6 is 0 Å². The van der Waals surface area contributed by atoms with Gasteiger partial charge in [-0.2, -0.15) is 0 Å². The minimum Gasteiger partial charge on any atom is -0.379 e. The van der Waals surface area contributed by atoms with E-state index in [4.69, 9.17) is 14.9 Å². The molecule has 4 nitrogen and oxygen atoms in total. The summed E-state index contributed by atoms with van der Waals surface area (Å²) in [6.07, 6.45) is 1.37. The van der Waals surface area contributed by atoms with Gasteiger partial charge in [0.2, 0.25) is 0 Å². The summed E-state index contributed by atoms with van der Waals surface area (Å²) < 4.78 is 9.95. The van der Waals surface area contributed by atoms with E-state index >= 15 is 0 Å². The van der Waals surface area contributed by atoms with E-state index in [0.29, 0.717) is 38.2 Å². The van der Waals surface area contributed by atoms with Gasteiger partial charge in [-0.25, -0.2) is 0 Å². The number of carbonyl (C=O) groups excluding carboxylic acids is 1. The molecule has 0 rings (SSSR count). The van der Waals surface area contributed by atoms with Crippen molar-refractivity contribution in [1.82, 2.24) is 0 Å². The molecular weight excluding hydrogens is 158 g/mol. The van der Waals surface area contributed by atoms with Crippen LogP contribution in [-0.4, -0.2) is 38.4 Å². The van der Waals surface area contributed by atoms with Gasteiger partial charge >= 0.3 is 0 Å². The van der Waals surface area contributed by atoms with Crippen LogP contribution in [0, 0.1) is 5.41 Å². The lowest BCUT2D eigenvalue weighted by Crippen LogP contribution is -2.07. The molecule has 70 valence electrons. The molecule has 0 aliphatic carbocycles. The number of nitrogens with one attached hydrogen (secondary N) is 1. The average molecular weight is 173 g/mol. The summed E-state index contributed by atoms with van der Waals surface area (Å²) in [5, 5.41) is 7.08. The highest BCUT2D eigenvalue weighted by Crippen LogP contribution is 1.84. The van der Waals surface area contributed by atoms with Crippen molar-refractivity contribution in [3.63, 3.8) is 0 Å². The van der Waals surface area contributed by atoms with Crippen LogP contribution in [0.2, 0.25) is 0 Å². The Morgan fingerprint density at radius 3 is 2.58 bits per heavy atom. The van der Waals surface area contributed by atoms with Gasteiger partial charge in [-0.05, 0) is 6.92 Å². The zero-order chi connectivity index (χ0) is 9.23. The van der Waals surface area contributed by atoms with Crippen molar-refractivity contribution < 1.29 is 14.3 Å². The molecule has 0 aromatic carbocycles. The monoisotopic (exact) mass is 173 g/mol. The van der Waals surface area contributed by atoms with E-state index in [1.807, 2.05) is 0 Å². The third-order valence-corrected chi connectivity index (χ3v) is 1.18. The fourth-order valence-corrected chi connectivity index (χ4v) is 0.577. The molecule has 0 fully saturated rings. The summed E-state index contributed by atoms with van der Waals surface area (Å²) in [5.41, 5.74) is 0.615. The van der Waals surface area contributed by atoms with E-state index in [2.05, 4.69) is 0 Å². The van der Waals surface area contributed by atoms with E-state index in [1.54, 1.807) is 6.92 Å². The number of aldehydes is 1. The van der Waals surface area contributed by atoms with Gasteiger partial charge in [0.15, 0.2) is 0 Å². The molecule has 0 saturated carbocycles. The van der Waals surface area contributed by atoms with E-state index in [1.165, 1.54) is 0 Å². The van der Waals surface area contributed by atoms with Crippen LogP contribution in [0.4, 0.5) is 0 Å². The summed E-state index contributed by atoms with van der Waals surface area (Å²) in [7, 11) is 0. The Labute approximate surface area is 72.4 Å². The maximum atomic E-state index is 9.79. The number of hydrogen-bond acceptors (Lipinski definition) is 4. The highest BCUT2D eigenvalue weighted by molar-refractivity contribution is 5.78. The van der Waals surface area contributed by atoms with Crippen molar-refractivity contribution in [3.05, 3.63) is 0 Å². The van der Waals surface area contributed by atoms with Crippen LogP contribution in [0.25, 0.3) is 0 Å². The van der Waals surface area contributed by atoms with Gasteiger partial charge in [-0.3, -0.25) is 0 Å². The van der Waals surface area contributed by atoms with Crippen LogP contribution in [0.1, 0.15) is 13.3 Å². The van der Waals surface area contributed by atoms with Crippen molar-refractivity contribution in [3.8, 4) is 0 Å². The van der Waals surface area contributed by atoms with Crippen LogP contribution < -0.4 is 0 Å². The highest BCUT2D eigenvalue weighted by atomic mass is 16.5. The maximum Gasteiger partial charge on any atom is 0.145 e. The maximum absolute atomic E-state index is 9.79. The lowest BCUT2D eigenvalue weighted by atomic mass is 10.3. The smallest absolute Gasteiger partial charge is 0.145 e. The second-order valence-electron chi connectivity index (χ2n) is 2.38. The molecule has 0 spiro atoms. The normalized spacial score (nSPS) is 9.75. The largest absolute Gasteiger partial charge is 0.379 e. The molecule has 0 amide bonds. The predicted molar refractivity (Wildman–Crippen MR) is 45.7 cm³/mol. The molecule has 1 N–H and O–H groups in total. The summed E-state index contributed by atoms with van der Waals surface area (Å²) in [5.74, 6) is 0. The SMILES string of the molecule is CC(=N)CCOCCOCC=O. The topological polar surface area (TPSA) is 59.4 Å². The summed E-state index contributed by atoms with van der Waals surface area (Å²) >= 11 is 0. The third-order valence-electron chi connectivity index (χ3n) is 1.18. The molecule has 0 unspecified atom stereocenters. The first kappa shape index (κ1) is 11.3. The van der Waals surface area contributed by atoms with Crippen molar-refractivity contribution in [2.75, 3.05) is 26.4 Å². The molecule has 0 radical (unpaired) electrons. The van der Waals surface area contributed by atoms with Gasteiger partial charge in [-0.1, -0.05) is 0 Å². The first-order valence-electron chi connectivity index (χ1n) is 3.90. The van der Waals surface area contributed by atoms with Gasteiger partial charge in [0.25, 0.3) is 0 Å². The van der Waals surface area contributed by atoms with Crippen LogP contribution in [0.3, 0.4) is 0 Å². The molecule has 0 heterocycles. The Kier molecular flexibility index (Phi) is 7.84. The molecule has 0 aromatic rings. The van der Waals surface area contributed by atoms with Crippen LogP contribution in [0.15, 0.2) is 0 Å². The quantitative estimate of drug-likeness (QED) is 0.333. The Morgan fingerprint density at radius 2 is 2.00 bits per heavy atom. The standard InChI is InChI=1S/C8H15NO3/c1-8(9)2-4-11-6-7-12-5-3-10/h3,9H,2,4-7H2,1H3. The molecule has 0 saturated heterocycles. The first-order valence-corrected chi connectivity index (χ1v) is 3.90. The van der Waals surface area contributed by atoms with Gasteiger partial charge in [0, 0.05) is 12.1 Å². The van der Waals surface area contributed by atoms with E-state index in [9.17, 15) is 4.79 Å². The zero-order valence-electron chi connectivity index (χ0n) is 7.34. The Morgan fingerprint density at radius 1 is 1.33 bits per heavy atom.